The van der Waals surface area contributed by atoms with Crippen LogP contribution in [0.4, 0.5) is 11.4 Å². The Balaban J connectivity index is 1.88. The van der Waals surface area contributed by atoms with Crippen molar-refractivity contribution in [2.45, 2.75) is 32.6 Å². The Bertz CT molecular complexity index is 1010. The van der Waals surface area contributed by atoms with E-state index in [-0.39, 0.29) is 12.5 Å². The number of nitrogens with one attached hydrogen (secondary N) is 1. The molecule has 3 aromatic rings. The molecule has 0 saturated heterocycles. The first-order valence-corrected chi connectivity index (χ1v) is 8.97. The minimum absolute atomic E-state index is 0.0441. The van der Waals surface area contributed by atoms with E-state index in [4.69, 9.17) is 27.7 Å². The molecule has 0 amide bonds. The lowest BCUT2D eigenvalue weighted by Gasteiger charge is -2.21. The number of nitrogens with zero attached hydrogens (tertiary/aromatic N) is 3. The maximum absolute atomic E-state index is 10.2. The normalized spacial score (nSPS) is 13.0. The number of benzene rings is 2. The number of hydrogen-bond acceptors (Lipinski definition) is 6. The third kappa shape index (κ3) is 3.99. The van der Waals surface area contributed by atoms with E-state index < -0.39 is 12.1 Å². The van der Waals surface area contributed by atoms with Gasteiger partial charge in [0.15, 0.2) is 0 Å². The minimum atomic E-state index is -0.830. The number of aromatic nitrogens is 2. The van der Waals surface area contributed by atoms with Crippen LogP contribution in [-0.2, 0) is 6.61 Å². The highest BCUT2D eigenvalue weighted by atomic mass is 35.5. The second-order valence-electron chi connectivity index (χ2n) is 6.35. The SMILES string of the molecule is [C-]#[N+]c1ccc(N[C@@H](c2nnc(-c3ccc(CO)cc3)o2)[C@@H](C)O)c(C)c1Cl. The van der Waals surface area contributed by atoms with Crippen molar-refractivity contribution in [1.82, 2.24) is 10.2 Å². The van der Waals surface area contributed by atoms with Crippen LogP contribution in [-0.4, -0.2) is 26.5 Å². The lowest BCUT2D eigenvalue weighted by molar-refractivity contribution is 0.159. The Morgan fingerprint density at radius 2 is 1.93 bits per heavy atom. The van der Waals surface area contributed by atoms with Crippen molar-refractivity contribution in [2.75, 3.05) is 5.32 Å². The lowest BCUT2D eigenvalue weighted by atomic mass is 10.1. The molecule has 8 heteroatoms. The summed E-state index contributed by atoms with van der Waals surface area (Å²) in [5, 5.41) is 31.0. The van der Waals surface area contributed by atoms with Crippen LogP contribution in [0.3, 0.4) is 0 Å². The van der Waals surface area contributed by atoms with Crippen LogP contribution < -0.4 is 5.32 Å². The average molecular weight is 399 g/mol. The molecule has 0 bridgehead atoms. The van der Waals surface area contributed by atoms with Crippen LogP contribution in [0.2, 0.25) is 5.02 Å². The Morgan fingerprint density at radius 1 is 1.21 bits per heavy atom. The molecule has 2 atom stereocenters. The quantitative estimate of drug-likeness (QED) is 0.536. The van der Waals surface area contributed by atoms with Gasteiger partial charge in [-0.3, -0.25) is 0 Å². The summed E-state index contributed by atoms with van der Waals surface area (Å²) in [6.45, 7) is 10.5. The van der Waals surface area contributed by atoms with Crippen LogP contribution >= 0.6 is 11.6 Å². The van der Waals surface area contributed by atoms with Gasteiger partial charge in [0.2, 0.25) is 17.5 Å². The van der Waals surface area contributed by atoms with E-state index in [2.05, 4.69) is 20.4 Å². The van der Waals surface area contributed by atoms with Gasteiger partial charge in [0.1, 0.15) is 6.04 Å². The molecular formula is C20H19ClN4O3. The standard InChI is InChI=1S/C20H19ClN4O3/c1-11-15(8-9-16(22-3)17(11)21)23-18(12(2)27)20-25-24-19(28-20)14-6-4-13(10-26)5-7-14/h4-9,12,18,23,26-27H,10H2,1-2H3/t12-,18-/m1/s1. The molecule has 0 spiro atoms. The zero-order valence-electron chi connectivity index (χ0n) is 15.3. The largest absolute Gasteiger partial charge is 0.418 e. The van der Waals surface area contributed by atoms with Gasteiger partial charge in [0, 0.05) is 11.3 Å². The molecule has 2 aromatic carbocycles. The Kier molecular flexibility index (Phi) is 5.95. The number of hydrogen-bond donors (Lipinski definition) is 3. The van der Waals surface area contributed by atoms with Gasteiger partial charge in [0.25, 0.3) is 0 Å². The molecule has 0 aliphatic heterocycles. The average Bonchev–Trinajstić information content (AvgIpc) is 3.18. The summed E-state index contributed by atoms with van der Waals surface area (Å²) in [7, 11) is 0. The molecule has 0 unspecified atom stereocenters. The molecule has 1 heterocycles. The van der Waals surface area contributed by atoms with E-state index >= 15 is 0 Å². The molecule has 3 N–H and O–H groups in total. The second-order valence-corrected chi connectivity index (χ2v) is 6.72. The van der Waals surface area contributed by atoms with Crippen LogP contribution in [0.5, 0.6) is 0 Å². The second kappa shape index (κ2) is 8.40. The first-order chi connectivity index (χ1) is 13.4. The topological polar surface area (TPSA) is 95.8 Å². The van der Waals surface area contributed by atoms with E-state index in [0.29, 0.717) is 33.4 Å². The van der Waals surface area contributed by atoms with Gasteiger partial charge < -0.3 is 19.9 Å². The highest BCUT2D eigenvalue weighted by Gasteiger charge is 2.25. The highest BCUT2D eigenvalue weighted by molar-refractivity contribution is 6.34. The molecule has 1 aromatic heterocycles. The fourth-order valence-electron chi connectivity index (χ4n) is 2.70. The molecule has 7 nitrogen and oxygen atoms in total. The fourth-order valence-corrected chi connectivity index (χ4v) is 2.91. The number of rotatable bonds is 6. The van der Waals surface area contributed by atoms with Gasteiger partial charge in [-0.1, -0.05) is 29.8 Å². The summed E-state index contributed by atoms with van der Waals surface area (Å²) >= 11 is 6.23. The Morgan fingerprint density at radius 3 is 2.54 bits per heavy atom. The molecule has 28 heavy (non-hydrogen) atoms. The summed E-state index contributed by atoms with van der Waals surface area (Å²) in [6.07, 6.45) is -0.830. The third-order valence-electron chi connectivity index (χ3n) is 4.37. The maximum Gasteiger partial charge on any atom is 0.247 e. The minimum Gasteiger partial charge on any atom is -0.418 e. The fraction of sp³-hybridized carbons (Fsp3) is 0.250. The Labute approximate surface area is 167 Å². The first-order valence-electron chi connectivity index (χ1n) is 8.59. The number of aliphatic hydroxyl groups is 2. The predicted octanol–water partition coefficient (Wildman–Crippen LogP) is 4.28. The molecule has 0 radical (unpaired) electrons. The van der Waals surface area contributed by atoms with Crippen LogP contribution in [0.25, 0.3) is 16.3 Å². The van der Waals surface area contributed by atoms with Crippen molar-refractivity contribution < 1.29 is 14.6 Å². The van der Waals surface area contributed by atoms with E-state index in [1.807, 2.05) is 0 Å². The van der Waals surface area contributed by atoms with Gasteiger partial charge >= 0.3 is 0 Å². The molecule has 0 aliphatic carbocycles. The summed E-state index contributed by atoms with van der Waals surface area (Å²) in [5.41, 5.74) is 3.21. The van der Waals surface area contributed by atoms with E-state index in [9.17, 15) is 5.11 Å². The summed E-state index contributed by atoms with van der Waals surface area (Å²) in [5.74, 6) is 0.533. The van der Waals surface area contributed by atoms with Crippen molar-refractivity contribution in [2.24, 2.45) is 0 Å². The molecule has 3 rings (SSSR count). The number of halogens is 1. The van der Waals surface area contributed by atoms with Crippen molar-refractivity contribution in [3.63, 3.8) is 0 Å². The first kappa shape index (κ1) is 19.8. The van der Waals surface area contributed by atoms with Crippen LogP contribution in [0, 0.1) is 13.5 Å². The lowest BCUT2D eigenvalue weighted by Crippen LogP contribution is -2.23. The predicted molar refractivity (Wildman–Crippen MR) is 106 cm³/mol. The van der Waals surface area contributed by atoms with E-state index in [1.165, 1.54) is 0 Å². The summed E-state index contributed by atoms with van der Waals surface area (Å²) in [6, 6.07) is 9.79. The highest BCUT2D eigenvalue weighted by Crippen LogP contribution is 2.35. The zero-order valence-corrected chi connectivity index (χ0v) is 16.1. The summed E-state index contributed by atoms with van der Waals surface area (Å²) < 4.78 is 5.77. The molecule has 144 valence electrons. The van der Waals surface area contributed by atoms with Gasteiger partial charge in [-0.2, -0.15) is 0 Å². The van der Waals surface area contributed by atoms with Crippen molar-refractivity contribution in [3.05, 3.63) is 69.9 Å². The van der Waals surface area contributed by atoms with Crippen molar-refractivity contribution in [1.29, 1.82) is 0 Å². The Hall–Kier alpha value is -2.92. The van der Waals surface area contributed by atoms with Gasteiger partial charge in [-0.05, 0) is 43.2 Å². The van der Waals surface area contributed by atoms with Crippen molar-refractivity contribution >= 4 is 23.0 Å². The van der Waals surface area contributed by atoms with E-state index in [0.717, 1.165) is 5.56 Å². The monoisotopic (exact) mass is 398 g/mol. The smallest absolute Gasteiger partial charge is 0.247 e. The van der Waals surface area contributed by atoms with Crippen LogP contribution in [0.1, 0.15) is 30.0 Å². The zero-order chi connectivity index (χ0) is 20.3. The molecule has 0 saturated carbocycles. The maximum atomic E-state index is 10.2. The number of anilines is 1. The molecule has 0 fully saturated rings. The van der Waals surface area contributed by atoms with Gasteiger partial charge in [-0.25, -0.2) is 4.85 Å². The van der Waals surface area contributed by atoms with Crippen LogP contribution in [0.15, 0.2) is 40.8 Å². The van der Waals surface area contributed by atoms with Gasteiger partial charge in [0.05, 0.1) is 24.3 Å². The van der Waals surface area contributed by atoms with E-state index in [1.54, 1.807) is 50.2 Å². The molecular weight excluding hydrogens is 380 g/mol. The van der Waals surface area contributed by atoms with Crippen molar-refractivity contribution in [3.8, 4) is 11.5 Å². The summed E-state index contributed by atoms with van der Waals surface area (Å²) in [4.78, 5) is 3.38. The number of aliphatic hydroxyl groups excluding tert-OH is 2. The van der Waals surface area contributed by atoms with Gasteiger partial charge in [-0.15, -0.1) is 10.2 Å². The third-order valence-corrected chi connectivity index (χ3v) is 4.85. The molecule has 0 aliphatic rings.